The fraction of sp³-hybridized carbons (Fsp3) is 0.143. The second-order valence-corrected chi connectivity index (χ2v) is 7.45. The minimum Gasteiger partial charge on any atom is -0.489 e. The van der Waals surface area contributed by atoms with E-state index >= 15 is 0 Å². The Morgan fingerprint density at radius 1 is 0.567 bits per heavy atom. The van der Waals surface area contributed by atoms with Gasteiger partial charge in [0.15, 0.2) is 0 Å². The quantitative estimate of drug-likeness (QED) is 0.358. The third kappa shape index (κ3) is 5.82. The molecule has 0 heterocycles. The first kappa shape index (κ1) is 19.9. The van der Waals surface area contributed by atoms with Crippen LogP contribution in [0.1, 0.15) is 28.3 Å². The van der Waals surface area contributed by atoms with E-state index in [1.807, 2.05) is 18.2 Å². The summed E-state index contributed by atoms with van der Waals surface area (Å²) in [6.07, 6.45) is 0.942. The third-order valence-electron chi connectivity index (χ3n) is 5.21. The van der Waals surface area contributed by atoms with Gasteiger partial charge in [0.25, 0.3) is 0 Å². The minimum absolute atomic E-state index is 0.232. The molecule has 2 heteroatoms. The van der Waals surface area contributed by atoms with E-state index in [4.69, 9.17) is 4.74 Å². The summed E-state index contributed by atoms with van der Waals surface area (Å²) in [5.41, 5.74) is 5.06. The summed E-state index contributed by atoms with van der Waals surface area (Å²) >= 11 is 0. The van der Waals surface area contributed by atoms with Crippen molar-refractivity contribution in [2.24, 2.45) is 0 Å². The van der Waals surface area contributed by atoms with Gasteiger partial charge < -0.3 is 10.1 Å². The van der Waals surface area contributed by atoms with E-state index in [1.54, 1.807) is 0 Å². The molecule has 0 aliphatic rings. The average Bonchev–Trinajstić information content (AvgIpc) is 2.83. The Morgan fingerprint density at radius 3 is 1.70 bits per heavy atom. The molecule has 0 aliphatic heterocycles. The Morgan fingerprint density at radius 2 is 1.10 bits per heavy atom. The van der Waals surface area contributed by atoms with Crippen molar-refractivity contribution in [2.75, 3.05) is 0 Å². The summed E-state index contributed by atoms with van der Waals surface area (Å²) in [5.74, 6) is 0.893. The molecule has 0 unspecified atom stereocenters. The lowest BCUT2D eigenvalue weighted by Crippen LogP contribution is -2.23. The summed E-state index contributed by atoms with van der Waals surface area (Å²) in [6, 6.07) is 40.2. The molecule has 0 radical (unpaired) electrons. The van der Waals surface area contributed by atoms with Crippen LogP contribution in [0.15, 0.2) is 115 Å². The van der Waals surface area contributed by atoms with E-state index in [-0.39, 0.29) is 6.04 Å². The highest BCUT2D eigenvalue weighted by Gasteiger charge is 2.12. The predicted molar refractivity (Wildman–Crippen MR) is 123 cm³/mol. The molecule has 0 amide bonds. The monoisotopic (exact) mass is 393 g/mol. The van der Waals surface area contributed by atoms with Crippen LogP contribution in [0.25, 0.3) is 0 Å². The third-order valence-corrected chi connectivity index (χ3v) is 5.21. The van der Waals surface area contributed by atoms with E-state index < -0.39 is 0 Å². The van der Waals surface area contributed by atoms with Crippen molar-refractivity contribution >= 4 is 0 Å². The molecule has 0 saturated heterocycles. The van der Waals surface area contributed by atoms with Gasteiger partial charge >= 0.3 is 0 Å². The maximum atomic E-state index is 5.95. The van der Waals surface area contributed by atoms with Gasteiger partial charge in [-0.3, -0.25) is 0 Å². The normalized spacial score (nSPS) is 11.7. The number of hydrogen-bond donors (Lipinski definition) is 1. The first-order valence-corrected chi connectivity index (χ1v) is 10.4. The van der Waals surface area contributed by atoms with Crippen molar-refractivity contribution in [2.45, 2.75) is 25.6 Å². The fourth-order valence-electron chi connectivity index (χ4n) is 3.53. The van der Waals surface area contributed by atoms with E-state index in [0.29, 0.717) is 6.61 Å². The molecule has 0 aliphatic carbocycles. The molecule has 0 bridgehead atoms. The molecule has 0 spiro atoms. The highest BCUT2D eigenvalue weighted by molar-refractivity contribution is 5.31. The SMILES string of the molecule is c1ccc(CN[C@@H](Cc2ccccc2)c2ccc(OCc3ccccc3)cc2)cc1. The Hall–Kier alpha value is -3.36. The van der Waals surface area contributed by atoms with Gasteiger partial charge in [0.1, 0.15) is 12.4 Å². The standard InChI is InChI=1S/C28H27NO/c1-4-10-23(11-5-1)20-28(29-21-24-12-6-2-7-13-24)26-16-18-27(19-17-26)30-22-25-14-8-3-9-15-25/h1-19,28-29H,20-22H2/t28-/m0/s1. The largest absolute Gasteiger partial charge is 0.489 e. The Bertz CT molecular complexity index is 999. The van der Waals surface area contributed by atoms with Crippen LogP contribution in [-0.2, 0) is 19.6 Å². The number of nitrogens with one attached hydrogen (secondary N) is 1. The second kappa shape index (κ2) is 10.4. The number of benzene rings is 4. The molecule has 150 valence electrons. The maximum Gasteiger partial charge on any atom is 0.119 e. The van der Waals surface area contributed by atoms with Crippen molar-refractivity contribution in [1.82, 2.24) is 5.32 Å². The smallest absolute Gasteiger partial charge is 0.119 e. The molecular weight excluding hydrogens is 366 g/mol. The molecule has 30 heavy (non-hydrogen) atoms. The van der Waals surface area contributed by atoms with E-state index in [1.165, 1.54) is 22.3 Å². The number of rotatable bonds is 9. The lowest BCUT2D eigenvalue weighted by atomic mass is 9.98. The van der Waals surface area contributed by atoms with Crippen LogP contribution < -0.4 is 10.1 Å². The van der Waals surface area contributed by atoms with E-state index in [2.05, 4.69) is 102 Å². The number of ether oxygens (including phenoxy) is 1. The van der Waals surface area contributed by atoms with Crippen LogP contribution in [0, 0.1) is 0 Å². The molecule has 0 saturated carbocycles. The van der Waals surface area contributed by atoms with Crippen LogP contribution in [0.4, 0.5) is 0 Å². The highest BCUT2D eigenvalue weighted by atomic mass is 16.5. The summed E-state index contributed by atoms with van der Waals surface area (Å²) in [7, 11) is 0. The van der Waals surface area contributed by atoms with E-state index in [9.17, 15) is 0 Å². The van der Waals surface area contributed by atoms with Gasteiger partial charge in [-0.2, -0.15) is 0 Å². The molecule has 1 atom stereocenters. The zero-order valence-electron chi connectivity index (χ0n) is 17.1. The molecule has 4 aromatic rings. The topological polar surface area (TPSA) is 21.3 Å². The van der Waals surface area contributed by atoms with Crippen LogP contribution in [0.2, 0.25) is 0 Å². The van der Waals surface area contributed by atoms with Crippen molar-refractivity contribution in [1.29, 1.82) is 0 Å². The van der Waals surface area contributed by atoms with Gasteiger partial charge in [-0.05, 0) is 40.8 Å². The molecule has 2 nitrogen and oxygen atoms in total. The molecule has 4 aromatic carbocycles. The van der Waals surface area contributed by atoms with E-state index in [0.717, 1.165) is 18.7 Å². The van der Waals surface area contributed by atoms with Crippen molar-refractivity contribution in [3.8, 4) is 5.75 Å². The average molecular weight is 394 g/mol. The van der Waals surface area contributed by atoms with Crippen LogP contribution in [-0.4, -0.2) is 0 Å². The minimum atomic E-state index is 0.232. The number of hydrogen-bond acceptors (Lipinski definition) is 2. The zero-order valence-corrected chi connectivity index (χ0v) is 17.1. The van der Waals surface area contributed by atoms with Gasteiger partial charge in [0.2, 0.25) is 0 Å². The van der Waals surface area contributed by atoms with Crippen molar-refractivity contribution in [3.05, 3.63) is 138 Å². The maximum absolute atomic E-state index is 5.95. The van der Waals surface area contributed by atoms with Crippen molar-refractivity contribution < 1.29 is 4.74 Å². The fourth-order valence-corrected chi connectivity index (χ4v) is 3.53. The molecule has 1 N–H and O–H groups in total. The summed E-state index contributed by atoms with van der Waals surface area (Å²) in [4.78, 5) is 0. The predicted octanol–water partition coefficient (Wildman–Crippen LogP) is 6.34. The van der Waals surface area contributed by atoms with Crippen LogP contribution >= 0.6 is 0 Å². The first-order valence-electron chi connectivity index (χ1n) is 10.4. The first-order chi connectivity index (χ1) is 14.9. The Balaban J connectivity index is 1.44. The zero-order chi connectivity index (χ0) is 20.4. The molecule has 4 rings (SSSR count). The van der Waals surface area contributed by atoms with Gasteiger partial charge in [0.05, 0.1) is 0 Å². The summed E-state index contributed by atoms with van der Waals surface area (Å²) < 4.78 is 5.95. The Kier molecular flexibility index (Phi) is 6.93. The van der Waals surface area contributed by atoms with Gasteiger partial charge in [-0.25, -0.2) is 0 Å². The van der Waals surface area contributed by atoms with Gasteiger partial charge in [-0.1, -0.05) is 103 Å². The Labute approximate surface area is 179 Å². The van der Waals surface area contributed by atoms with Gasteiger partial charge in [-0.15, -0.1) is 0 Å². The van der Waals surface area contributed by atoms with Crippen LogP contribution in [0.5, 0.6) is 5.75 Å². The summed E-state index contributed by atoms with van der Waals surface area (Å²) in [6.45, 7) is 1.42. The van der Waals surface area contributed by atoms with Gasteiger partial charge in [0, 0.05) is 12.6 Å². The second-order valence-electron chi connectivity index (χ2n) is 7.45. The molecule has 0 aromatic heterocycles. The van der Waals surface area contributed by atoms with Crippen LogP contribution in [0.3, 0.4) is 0 Å². The summed E-state index contributed by atoms with van der Waals surface area (Å²) in [5, 5.41) is 3.74. The molecule has 0 fully saturated rings. The lowest BCUT2D eigenvalue weighted by molar-refractivity contribution is 0.306. The van der Waals surface area contributed by atoms with Crippen molar-refractivity contribution in [3.63, 3.8) is 0 Å². The molecular formula is C28H27NO. The lowest BCUT2D eigenvalue weighted by Gasteiger charge is -2.20. The highest BCUT2D eigenvalue weighted by Crippen LogP contribution is 2.23.